The fourth-order valence-electron chi connectivity index (χ4n) is 1.64. The number of rotatable bonds is 4. The van der Waals surface area contributed by atoms with Crippen molar-refractivity contribution in [2.75, 3.05) is 6.54 Å². The maximum absolute atomic E-state index is 13.7. The number of benzene rings is 1. The van der Waals surface area contributed by atoms with Gasteiger partial charge in [-0.2, -0.15) is 0 Å². The average molecular weight is 255 g/mol. The highest BCUT2D eigenvalue weighted by atomic mass is 35.5. The van der Waals surface area contributed by atoms with Gasteiger partial charge in [0.25, 0.3) is 0 Å². The molecule has 2 rings (SSSR count). The maximum Gasteiger partial charge on any atom is 0.152 e. The van der Waals surface area contributed by atoms with E-state index in [2.05, 4.69) is 10.2 Å². The van der Waals surface area contributed by atoms with E-state index in [0.29, 0.717) is 30.3 Å². The lowest BCUT2D eigenvalue weighted by Crippen LogP contribution is -2.11. The summed E-state index contributed by atoms with van der Waals surface area (Å²) in [6, 6.07) is 6.43. The van der Waals surface area contributed by atoms with Crippen LogP contribution in [0.4, 0.5) is 4.39 Å². The third-order valence-corrected chi connectivity index (χ3v) is 2.62. The minimum absolute atomic E-state index is 0.173. The van der Waals surface area contributed by atoms with Crippen molar-refractivity contribution in [2.45, 2.75) is 12.3 Å². The molecule has 2 aromatic rings. The zero-order valence-corrected chi connectivity index (χ0v) is 9.86. The van der Waals surface area contributed by atoms with Gasteiger partial charge in [0, 0.05) is 6.42 Å². The van der Waals surface area contributed by atoms with Crippen LogP contribution in [-0.4, -0.2) is 21.3 Å². The van der Waals surface area contributed by atoms with Crippen molar-refractivity contribution in [3.63, 3.8) is 0 Å². The molecule has 0 spiro atoms. The van der Waals surface area contributed by atoms with Crippen LogP contribution in [0.3, 0.4) is 0 Å². The number of para-hydroxylation sites is 1. The summed E-state index contributed by atoms with van der Waals surface area (Å²) in [4.78, 5) is 0. The molecule has 6 heteroatoms. The Labute approximate surface area is 103 Å². The third kappa shape index (κ3) is 2.30. The Bertz CT molecular complexity index is 512. The standard InChI is InChI=1S/C11H12ClFN4/c12-7-11-16-15-10(5-6-14)17(11)9-4-2-1-3-8(9)13/h1-4H,5-7,14H2. The van der Waals surface area contributed by atoms with E-state index in [4.69, 9.17) is 17.3 Å². The quantitative estimate of drug-likeness (QED) is 0.844. The van der Waals surface area contributed by atoms with Gasteiger partial charge in [0.2, 0.25) is 0 Å². The zero-order valence-electron chi connectivity index (χ0n) is 9.11. The van der Waals surface area contributed by atoms with Crippen molar-refractivity contribution in [3.8, 4) is 5.69 Å². The van der Waals surface area contributed by atoms with E-state index in [0.717, 1.165) is 0 Å². The highest BCUT2D eigenvalue weighted by Crippen LogP contribution is 2.18. The topological polar surface area (TPSA) is 56.7 Å². The predicted octanol–water partition coefficient (Wildman–Crippen LogP) is 1.65. The number of aromatic nitrogens is 3. The Morgan fingerprint density at radius 3 is 2.59 bits per heavy atom. The summed E-state index contributed by atoms with van der Waals surface area (Å²) in [7, 11) is 0. The molecule has 1 aromatic heterocycles. The Morgan fingerprint density at radius 1 is 1.24 bits per heavy atom. The van der Waals surface area contributed by atoms with Crippen LogP contribution < -0.4 is 5.73 Å². The lowest BCUT2D eigenvalue weighted by atomic mass is 10.3. The Kier molecular flexibility index (Phi) is 3.71. The van der Waals surface area contributed by atoms with Crippen LogP contribution in [0.15, 0.2) is 24.3 Å². The molecule has 0 aliphatic heterocycles. The molecule has 0 radical (unpaired) electrons. The highest BCUT2D eigenvalue weighted by molar-refractivity contribution is 6.16. The first-order chi connectivity index (χ1) is 8.27. The molecular formula is C11H12ClFN4. The minimum atomic E-state index is -0.336. The van der Waals surface area contributed by atoms with E-state index in [-0.39, 0.29) is 11.7 Å². The molecule has 0 aliphatic carbocycles. The van der Waals surface area contributed by atoms with Crippen LogP contribution >= 0.6 is 11.6 Å². The largest absolute Gasteiger partial charge is 0.330 e. The summed E-state index contributed by atoms with van der Waals surface area (Å²) < 4.78 is 15.4. The number of nitrogens with two attached hydrogens (primary N) is 1. The van der Waals surface area contributed by atoms with E-state index >= 15 is 0 Å². The SMILES string of the molecule is NCCc1nnc(CCl)n1-c1ccccc1F. The van der Waals surface area contributed by atoms with Gasteiger partial charge in [-0.1, -0.05) is 12.1 Å². The first-order valence-electron chi connectivity index (χ1n) is 5.22. The second kappa shape index (κ2) is 5.25. The minimum Gasteiger partial charge on any atom is -0.330 e. The van der Waals surface area contributed by atoms with E-state index in [1.54, 1.807) is 22.8 Å². The van der Waals surface area contributed by atoms with E-state index in [1.807, 2.05) is 0 Å². The molecule has 0 unspecified atom stereocenters. The molecule has 0 atom stereocenters. The van der Waals surface area contributed by atoms with Gasteiger partial charge in [-0.3, -0.25) is 4.57 Å². The van der Waals surface area contributed by atoms with Gasteiger partial charge in [0.05, 0.1) is 11.6 Å². The molecule has 0 saturated carbocycles. The Hall–Kier alpha value is -1.46. The molecule has 1 heterocycles. The van der Waals surface area contributed by atoms with E-state index in [9.17, 15) is 4.39 Å². The smallest absolute Gasteiger partial charge is 0.152 e. The summed E-state index contributed by atoms with van der Waals surface area (Å²) in [5.41, 5.74) is 5.89. The molecule has 90 valence electrons. The molecule has 1 aromatic carbocycles. The fraction of sp³-hybridized carbons (Fsp3) is 0.273. The van der Waals surface area contributed by atoms with Gasteiger partial charge in [0.1, 0.15) is 11.6 Å². The van der Waals surface area contributed by atoms with Crippen molar-refractivity contribution in [3.05, 3.63) is 41.7 Å². The fourth-order valence-corrected chi connectivity index (χ4v) is 1.82. The van der Waals surface area contributed by atoms with Crippen LogP contribution in [0.1, 0.15) is 11.6 Å². The van der Waals surface area contributed by atoms with Crippen LogP contribution in [0.25, 0.3) is 5.69 Å². The van der Waals surface area contributed by atoms with Crippen molar-refractivity contribution in [2.24, 2.45) is 5.73 Å². The number of halogens is 2. The number of nitrogens with zero attached hydrogens (tertiary/aromatic N) is 3. The van der Waals surface area contributed by atoms with Crippen molar-refractivity contribution in [1.29, 1.82) is 0 Å². The summed E-state index contributed by atoms with van der Waals surface area (Å²) >= 11 is 5.77. The summed E-state index contributed by atoms with van der Waals surface area (Å²) in [6.07, 6.45) is 0.526. The summed E-state index contributed by atoms with van der Waals surface area (Å²) in [6.45, 7) is 0.425. The van der Waals surface area contributed by atoms with Gasteiger partial charge >= 0.3 is 0 Å². The van der Waals surface area contributed by atoms with Crippen molar-refractivity contribution < 1.29 is 4.39 Å². The average Bonchev–Trinajstić information content (AvgIpc) is 2.73. The highest BCUT2D eigenvalue weighted by Gasteiger charge is 2.14. The second-order valence-electron chi connectivity index (χ2n) is 3.49. The molecule has 0 saturated heterocycles. The van der Waals surface area contributed by atoms with E-state index < -0.39 is 0 Å². The van der Waals surface area contributed by atoms with Gasteiger partial charge in [-0.25, -0.2) is 4.39 Å². The van der Waals surface area contributed by atoms with Crippen molar-refractivity contribution in [1.82, 2.24) is 14.8 Å². The Balaban J connectivity index is 2.56. The molecule has 0 fully saturated rings. The second-order valence-corrected chi connectivity index (χ2v) is 3.76. The molecule has 0 amide bonds. The Morgan fingerprint density at radius 2 is 1.94 bits per heavy atom. The van der Waals surface area contributed by atoms with Gasteiger partial charge in [-0.15, -0.1) is 21.8 Å². The monoisotopic (exact) mass is 254 g/mol. The normalized spacial score (nSPS) is 10.8. The zero-order chi connectivity index (χ0) is 12.3. The number of hydrogen-bond acceptors (Lipinski definition) is 3. The lowest BCUT2D eigenvalue weighted by Gasteiger charge is -2.09. The molecule has 2 N–H and O–H groups in total. The number of alkyl halides is 1. The van der Waals surface area contributed by atoms with Gasteiger partial charge in [-0.05, 0) is 18.7 Å². The predicted molar refractivity (Wildman–Crippen MR) is 63.6 cm³/mol. The van der Waals surface area contributed by atoms with E-state index in [1.165, 1.54) is 6.07 Å². The molecule has 17 heavy (non-hydrogen) atoms. The van der Waals surface area contributed by atoms with Crippen LogP contribution in [0.2, 0.25) is 0 Å². The van der Waals surface area contributed by atoms with Crippen LogP contribution in [0.5, 0.6) is 0 Å². The lowest BCUT2D eigenvalue weighted by molar-refractivity contribution is 0.612. The van der Waals surface area contributed by atoms with Crippen molar-refractivity contribution >= 4 is 11.6 Å². The van der Waals surface area contributed by atoms with Crippen LogP contribution in [0, 0.1) is 5.82 Å². The molecule has 4 nitrogen and oxygen atoms in total. The summed E-state index contributed by atoms with van der Waals surface area (Å²) in [5, 5.41) is 7.91. The van der Waals surface area contributed by atoms with Crippen LogP contribution in [-0.2, 0) is 12.3 Å². The third-order valence-electron chi connectivity index (χ3n) is 2.38. The maximum atomic E-state index is 13.7. The first-order valence-corrected chi connectivity index (χ1v) is 5.75. The number of hydrogen-bond donors (Lipinski definition) is 1. The van der Waals surface area contributed by atoms with Gasteiger partial charge in [0.15, 0.2) is 5.82 Å². The van der Waals surface area contributed by atoms with Gasteiger partial charge < -0.3 is 5.73 Å². The first kappa shape index (κ1) is 12.0. The summed E-state index contributed by atoms with van der Waals surface area (Å²) in [5.74, 6) is 0.969. The molecule has 0 aliphatic rings. The molecule has 0 bridgehead atoms. The molecular weight excluding hydrogens is 243 g/mol.